The third kappa shape index (κ3) is 3.86. The number of aliphatic hydroxyl groups is 1. The van der Waals surface area contributed by atoms with Crippen LogP contribution in [-0.2, 0) is 11.2 Å². The summed E-state index contributed by atoms with van der Waals surface area (Å²) >= 11 is 0. The first-order valence-electron chi connectivity index (χ1n) is 9.64. The van der Waals surface area contributed by atoms with Gasteiger partial charge in [0.05, 0.1) is 18.5 Å². The van der Waals surface area contributed by atoms with Crippen LogP contribution in [0.5, 0.6) is 0 Å². The minimum atomic E-state index is -0.232. The van der Waals surface area contributed by atoms with Gasteiger partial charge < -0.3 is 15.2 Å². The lowest BCUT2D eigenvalue weighted by Gasteiger charge is -2.08. The van der Waals surface area contributed by atoms with Gasteiger partial charge >= 0.3 is 0 Å². The van der Waals surface area contributed by atoms with Gasteiger partial charge in [-0.3, -0.25) is 9.78 Å². The molecule has 3 heterocycles. The van der Waals surface area contributed by atoms with Crippen LogP contribution in [0.1, 0.15) is 53.3 Å². The molecular weight excluding hydrogens is 346 g/mol. The molecule has 2 atom stereocenters. The van der Waals surface area contributed by atoms with Gasteiger partial charge in [-0.15, -0.1) is 0 Å². The highest BCUT2D eigenvalue weighted by atomic mass is 16.5. The summed E-state index contributed by atoms with van der Waals surface area (Å²) in [7, 11) is 0. The van der Waals surface area contributed by atoms with Gasteiger partial charge in [0, 0.05) is 43.6 Å². The fourth-order valence-electron chi connectivity index (χ4n) is 3.81. The van der Waals surface area contributed by atoms with Crippen molar-refractivity contribution in [1.82, 2.24) is 25.1 Å². The van der Waals surface area contributed by atoms with Gasteiger partial charge in [-0.05, 0) is 38.0 Å². The van der Waals surface area contributed by atoms with Crippen molar-refractivity contribution in [2.45, 2.75) is 38.0 Å². The highest BCUT2D eigenvalue weighted by Crippen LogP contribution is 2.57. The maximum absolute atomic E-state index is 12.2. The van der Waals surface area contributed by atoms with Crippen molar-refractivity contribution in [3.8, 4) is 5.82 Å². The highest BCUT2D eigenvalue weighted by Gasteiger charge is 2.50. The lowest BCUT2D eigenvalue weighted by Crippen LogP contribution is -2.27. The van der Waals surface area contributed by atoms with Crippen molar-refractivity contribution < 1.29 is 14.6 Å². The van der Waals surface area contributed by atoms with Gasteiger partial charge in [0.2, 0.25) is 0 Å². The summed E-state index contributed by atoms with van der Waals surface area (Å²) in [5.74, 6) is 1.55. The van der Waals surface area contributed by atoms with Crippen molar-refractivity contribution >= 4 is 5.91 Å². The molecule has 2 aromatic heterocycles. The van der Waals surface area contributed by atoms with Crippen LogP contribution in [0.3, 0.4) is 0 Å². The van der Waals surface area contributed by atoms with Crippen LogP contribution in [0.25, 0.3) is 5.82 Å². The summed E-state index contributed by atoms with van der Waals surface area (Å²) in [6.45, 7) is 2.16. The van der Waals surface area contributed by atoms with Crippen molar-refractivity contribution in [3.05, 3.63) is 35.5 Å². The Labute approximate surface area is 158 Å². The number of aromatic nitrogens is 4. The van der Waals surface area contributed by atoms with E-state index in [1.54, 1.807) is 23.3 Å². The first-order valence-corrected chi connectivity index (χ1v) is 9.64. The molecule has 27 heavy (non-hydrogen) atoms. The number of hydrogen-bond donors (Lipinski definition) is 2. The number of aliphatic hydroxyl groups excluding tert-OH is 1. The Morgan fingerprint density at radius 1 is 1.30 bits per heavy atom. The molecule has 2 aromatic rings. The van der Waals surface area contributed by atoms with Crippen molar-refractivity contribution in [3.63, 3.8) is 0 Å². The van der Waals surface area contributed by atoms with Crippen LogP contribution in [0, 0.1) is 5.92 Å². The van der Waals surface area contributed by atoms with Crippen molar-refractivity contribution in [1.29, 1.82) is 0 Å². The molecule has 1 amide bonds. The molecule has 2 fully saturated rings. The van der Waals surface area contributed by atoms with E-state index >= 15 is 0 Å². The second kappa shape index (κ2) is 8.14. The van der Waals surface area contributed by atoms with Crippen molar-refractivity contribution in [2.24, 2.45) is 5.92 Å². The largest absolute Gasteiger partial charge is 0.395 e. The number of nitrogens with zero attached hydrogens (tertiary/aromatic N) is 4. The summed E-state index contributed by atoms with van der Waals surface area (Å²) in [6, 6.07) is 0. The summed E-state index contributed by atoms with van der Waals surface area (Å²) in [4.78, 5) is 20.5. The molecule has 2 aliphatic carbocycles. The molecule has 3 aliphatic rings. The number of nitrogens with one attached hydrogen (secondary N) is 1. The molecule has 5 rings (SSSR count). The number of hydrogen-bond acceptors (Lipinski definition) is 6. The van der Waals surface area contributed by atoms with E-state index in [9.17, 15) is 4.79 Å². The number of amides is 1. The highest BCUT2D eigenvalue weighted by molar-refractivity contribution is 5.94. The van der Waals surface area contributed by atoms with E-state index in [0.29, 0.717) is 23.3 Å². The van der Waals surface area contributed by atoms with E-state index < -0.39 is 0 Å². The molecule has 8 nitrogen and oxygen atoms in total. The number of carbonyl (C=O) groups excluding carboxylic acids is 1. The first-order chi connectivity index (χ1) is 13.3. The van der Waals surface area contributed by atoms with E-state index in [0.717, 1.165) is 37.3 Å². The summed E-state index contributed by atoms with van der Waals surface area (Å²) in [6.07, 6.45) is 10.9. The van der Waals surface area contributed by atoms with Crippen LogP contribution >= 0.6 is 0 Å². The Morgan fingerprint density at radius 2 is 2.15 bits per heavy atom. The topological polar surface area (TPSA) is 102 Å². The van der Waals surface area contributed by atoms with Crippen LogP contribution < -0.4 is 5.32 Å². The number of fused-ring (bicyclic) bond motifs is 3. The SMILES string of the molecule is C1CCOCC1.O=C(NCCO)c1nn(-c2cnccn2)c2c1CC1CC21. The van der Waals surface area contributed by atoms with Crippen LogP contribution in [0.4, 0.5) is 0 Å². The van der Waals surface area contributed by atoms with E-state index in [1.807, 2.05) is 0 Å². The Kier molecular flexibility index (Phi) is 5.45. The lowest BCUT2D eigenvalue weighted by atomic mass is 10.1. The molecule has 0 aromatic carbocycles. The summed E-state index contributed by atoms with van der Waals surface area (Å²) in [5, 5.41) is 16.0. The molecule has 144 valence electrons. The molecule has 1 aliphatic heterocycles. The third-order valence-corrected chi connectivity index (χ3v) is 5.22. The summed E-state index contributed by atoms with van der Waals surface area (Å²) < 4.78 is 6.83. The second-order valence-electron chi connectivity index (χ2n) is 7.15. The Balaban J connectivity index is 0.000000257. The van der Waals surface area contributed by atoms with E-state index in [4.69, 9.17) is 9.84 Å². The predicted molar refractivity (Wildman–Crippen MR) is 97.8 cm³/mol. The Bertz CT molecular complexity index is 777. The number of carbonyl (C=O) groups is 1. The van der Waals surface area contributed by atoms with Gasteiger partial charge in [0.15, 0.2) is 11.5 Å². The zero-order valence-corrected chi connectivity index (χ0v) is 15.3. The van der Waals surface area contributed by atoms with Gasteiger partial charge in [-0.1, -0.05) is 0 Å². The maximum Gasteiger partial charge on any atom is 0.272 e. The van der Waals surface area contributed by atoms with Gasteiger partial charge in [-0.2, -0.15) is 5.10 Å². The monoisotopic (exact) mass is 371 g/mol. The quantitative estimate of drug-likeness (QED) is 0.838. The van der Waals surface area contributed by atoms with Gasteiger partial charge in [0.1, 0.15) is 0 Å². The normalized spacial score (nSPS) is 22.3. The minimum absolute atomic E-state index is 0.0793. The molecule has 0 spiro atoms. The summed E-state index contributed by atoms with van der Waals surface area (Å²) in [5.41, 5.74) is 2.59. The molecule has 0 bridgehead atoms. The lowest BCUT2D eigenvalue weighted by molar-refractivity contribution is 0.0938. The van der Waals surface area contributed by atoms with Gasteiger partial charge in [0.25, 0.3) is 5.91 Å². The van der Waals surface area contributed by atoms with Crippen molar-refractivity contribution in [2.75, 3.05) is 26.4 Å². The molecule has 1 saturated heterocycles. The molecule has 0 radical (unpaired) electrons. The third-order valence-electron chi connectivity index (χ3n) is 5.22. The van der Waals surface area contributed by atoms with Gasteiger partial charge in [-0.25, -0.2) is 9.67 Å². The smallest absolute Gasteiger partial charge is 0.272 e. The van der Waals surface area contributed by atoms with E-state index in [1.165, 1.54) is 19.3 Å². The number of ether oxygens (including phenoxy) is 1. The fraction of sp³-hybridized carbons (Fsp3) is 0.579. The average Bonchev–Trinajstić information content (AvgIpc) is 3.24. The van der Waals surface area contributed by atoms with E-state index in [2.05, 4.69) is 20.4 Å². The first kappa shape index (κ1) is 18.1. The maximum atomic E-state index is 12.2. The molecule has 2 unspecified atom stereocenters. The molecule has 8 heteroatoms. The minimum Gasteiger partial charge on any atom is -0.395 e. The molecule has 1 saturated carbocycles. The van der Waals surface area contributed by atoms with Crippen LogP contribution in [0.2, 0.25) is 0 Å². The Hall–Kier alpha value is -2.32. The van der Waals surface area contributed by atoms with E-state index in [-0.39, 0.29) is 19.1 Å². The predicted octanol–water partition coefficient (Wildman–Crippen LogP) is 1.23. The average molecular weight is 371 g/mol. The number of rotatable bonds is 4. The zero-order chi connectivity index (χ0) is 18.6. The fourth-order valence-corrected chi connectivity index (χ4v) is 3.81. The molecule has 2 N–H and O–H groups in total. The standard InChI is InChI=1S/C14H15N5O2.C5H10O/c20-4-3-17-14(21)12-10-6-8-5-9(8)13(10)19(18-12)11-7-15-1-2-16-11;1-2-4-6-5-3-1/h1-2,7-9,20H,3-6H2,(H,17,21);1-5H2. The molecular formula is C19H25N5O3. The van der Waals surface area contributed by atoms with Crippen LogP contribution in [-0.4, -0.2) is 57.1 Å². The zero-order valence-electron chi connectivity index (χ0n) is 15.3. The second-order valence-corrected chi connectivity index (χ2v) is 7.15. The van der Waals surface area contributed by atoms with Crippen LogP contribution in [0.15, 0.2) is 18.6 Å². The Morgan fingerprint density at radius 3 is 2.78 bits per heavy atom.